The number of hydrogen-bond donors (Lipinski definition) is 3. The van der Waals surface area contributed by atoms with Crippen LogP contribution >= 0.6 is 11.6 Å². The number of carboxylic acids is 1. The van der Waals surface area contributed by atoms with Crippen LogP contribution in [0.3, 0.4) is 0 Å². The van der Waals surface area contributed by atoms with E-state index < -0.39 is 12.0 Å². The van der Waals surface area contributed by atoms with Gasteiger partial charge in [-0.2, -0.15) is 0 Å². The zero-order valence-electron chi connectivity index (χ0n) is 5.81. The van der Waals surface area contributed by atoms with E-state index in [2.05, 4.69) is 5.10 Å². The second-order valence-corrected chi connectivity index (χ2v) is 2.49. The van der Waals surface area contributed by atoms with Gasteiger partial charge in [0, 0.05) is 0 Å². The minimum atomic E-state index is -1.37. The third kappa shape index (κ3) is 1.34. The standard InChI is InChI=1S/C5H6ClN3O3/c6-2-1-8-9(12)4(2)3(7)5(10)11/h1,3,12H,7H2,(H,10,11)/t3-/m0/s1. The zero-order valence-corrected chi connectivity index (χ0v) is 6.56. The molecule has 12 heavy (non-hydrogen) atoms. The molecule has 1 aromatic heterocycles. The van der Waals surface area contributed by atoms with Crippen LogP contribution in [0.25, 0.3) is 0 Å². The minimum absolute atomic E-state index is 0.0207. The van der Waals surface area contributed by atoms with Gasteiger partial charge in [-0.1, -0.05) is 11.6 Å². The van der Waals surface area contributed by atoms with Gasteiger partial charge in [-0.25, -0.2) is 0 Å². The van der Waals surface area contributed by atoms with E-state index in [9.17, 15) is 4.79 Å². The summed E-state index contributed by atoms with van der Waals surface area (Å²) in [6, 6.07) is -1.37. The SMILES string of the molecule is N[C@H](C(=O)O)c1c(Cl)cnn1O. The van der Waals surface area contributed by atoms with E-state index in [0.29, 0.717) is 4.85 Å². The number of carbonyl (C=O) groups is 1. The largest absolute Gasteiger partial charge is 0.480 e. The highest BCUT2D eigenvalue weighted by molar-refractivity contribution is 6.31. The van der Waals surface area contributed by atoms with Gasteiger partial charge in [0.25, 0.3) is 0 Å². The summed E-state index contributed by atoms with van der Waals surface area (Å²) >= 11 is 5.50. The Labute approximate surface area is 72.1 Å². The van der Waals surface area contributed by atoms with E-state index in [1.165, 1.54) is 0 Å². The number of hydrogen-bond acceptors (Lipinski definition) is 4. The van der Waals surface area contributed by atoms with Gasteiger partial charge < -0.3 is 16.0 Å². The molecular weight excluding hydrogens is 186 g/mol. The highest BCUT2D eigenvalue weighted by Crippen LogP contribution is 2.19. The van der Waals surface area contributed by atoms with Crippen LogP contribution in [-0.4, -0.2) is 26.2 Å². The number of nitrogens with zero attached hydrogens (tertiary/aromatic N) is 2. The van der Waals surface area contributed by atoms with Crippen molar-refractivity contribution >= 4 is 17.6 Å². The quantitative estimate of drug-likeness (QED) is 0.565. The first-order chi connectivity index (χ1) is 5.54. The van der Waals surface area contributed by atoms with E-state index in [-0.39, 0.29) is 10.7 Å². The van der Waals surface area contributed by atoms with Crippen molar-refractivity contribution in [2.45, 2.75) is 6.04 Å². The van der Waals surface area contributed by atoms with Gasteiger partial charge in [0.05, 0.1) is 11.2 Å². The van der Waals surface area contributed by atoms with Crippen LogP contribution in [0, 0.1) is 0 Å². The van der Waals surface area contributed by atoms with E-state index in [0.717, 1.165) is 6.20 Å². The Hall–Kier alpha value is -1.27. The van der Waals surface area contributed by atoms with Crippen LogP contribution in [0.5, 0.6) is 0 Å². The van der Waals surface area contributed by atoms with Crippen molar-refractivity contribution in [2.24, 2.45) is 5.73 Å². The van der Waals surface area contributed by atoms with Gasteiger partial charge in [0.15, 0.2) is 6.04 Å². The third-order valence-electron chi connectivity index (χ3n) is 1.30. The molecule has 0 aromatic carbocycles. The Balaban J connectivity index is 3.08. The van der Waals surface area contributed by atoms with E-state index in [1.54, 1.807) is 0 Å². The van der Waals surface area contributed by atoms with Crippen LogP contribution in [0.2, 0.25) is 5.02 Å². The van der Waals surface area contributed by atoms with Gasteiger partial charge in [-0.3, -0.25) is 4.79 Å². The normalized spacial score (nSPS) is 12.8. The van der Waals surface area contributed by atoms with Crippen molar-refractivity contribution in [3.8, 4) is 0 Å². The van der Waals surface area contributed by atoms with Gasteiger partial charge in [0.2, 0.25) is 0 Å². The number of nitrogens with two attached hydrogens (primary N) is 1. The second-order valence-electron chi connectivity index (χ2n) is 2.08. The lowest BCUT2D eigenvalue weighted by Gasteiger charge is -2.04. The van der Waals surface area contributed by atoms with E-state index in [1.807, 2.05) is 0 Å². The van der Waals surface area contributed by atoms with Crippen molar-refractivity contribution in [1.82, 2.24) is 9.94 Å². The zero-order chi connectivity index (χ0) is 9.30. The molecule has 0 saturated carbocycles. The lowest BCUT2D eigenvalue weighted by atomic mass is 10.2. The van der Waals surface area contributed by atoms with Crippen molar-refractivity contribution in [3.05, 3.63) is 16.9 Å². The fourth-order valence-corrected chi connectivity index (χ4v) is 0.956. The summed E-state index contributed by atoms with van der Waals surface area (Å²) in [5, 5.41) is 20.7. The summed E-state index contributed by atoms with van der Waals surface area (Å²) in [6.45, 7) is 0. The molecule has 0 bridgehead atoms. The van der Waals surface area contributed by atoms with Crippen molar-refractivity contribution in [3.63, 3.8) is 0 Å². The van der Waals surface area contributed by atoms with Gasteiger partial charge in [-0.15, -0.1) is 9.94 Å². The lowest BCUT2D eigenvalue weighted by Crippen LogP contribution is -2.23. The summed E-state index contributed by atoms with van der Waals surface area (Å²) < 4.78 is 0. The Bertz CT molecular complexity index is 291. The van der Waals surface area contributed by atoms with E-state index >= 15 is 0 Å². The molecule has 0 aliphatic rings. The Morgan fingerprint density at radius 1 is 1.83 bits per heavy atom. The summed E-state index contributed by atoms with van der Waals surface area (Å²) in [6.07, 6.45) is 1.11. The van der Waals surface area contributed by atoms with Crippen LogP contribution in [0.1, 0.15) is 11.7 Å². The lowest BCUT2D eigenvalue weighted by molar-refractivity contribution is -0.139. The molecule has 1 heterocycles. The molecule has 6 nitrogen and oxygen atoms in total. The topological polar surface area (TPSA) is 101 Å². The summed E-state index contributed by atoms with van der Waals surface area (Å²) in [5.41, 5.74) is 5.04. The summed E-state index contributed by atoms with van der Waals surface area (Å²) in [7, 11) is 0. The predicted octanol–water partition coefficient (Wildman–Crippen LogP) is -0.142. The Morgan fingerprint density at radius 2 is 2.42 bits per heavy atom. The molecule has 0 fully saturated rings. The number of aliphatic carboxylic acids is 1. The molecule has 1 aromatic rings. The van der Waals surface area contributed by atoms with Crippen molar-refractivity contribution in [1.29, 1.82) is 0 Å². The van der Waals surface area contributed by atoms with Crippen LogP contribution in [-0.2, 0) is 4.79 Å². The molecule has 7 heteroatoms. The smallest absolute Gasteiger partial charge is 0.326 e. The Kier molecular flexibility index (Phi) is 2.20. The number of rotatable bonds is 2. The summed E-state index contributed by atoms with van der Waals surface area (Å²) in [4.78, 5) is 10.7. The maximum Gasteiger partial charge on any atom is 0.326 e. The molecule has 0 amide bonds. The highest BCUT2D eigenvalue weighted by Gasteiger charge is 2.22. The predicted molar refractivity (Wildman–Crippen MR) is 39.0 cm³/mol. The van der Waals surface area contributed by atoms with Crippen LogP contribution < -0.4 is 5.73 Å². The van der Waals surface area contributed by atoms with Crippen molar-refractivity contribution < 1.29 is 15.1 Å². The van der Waals surface area contributed by atoms with Gasteiger partial charge >= 0.3 is 5.97 Å². The average Bonchev–Trinajstić information content (AvgIpc) is 2.30. The molecule has 1 rings (SSSR count). The van der Waals surface area contributed by atoms with E-state index in [4.69, 9.17) is 27.6 Å². The third-order valence-corrected chi connectivity index (χ3v) is 1.59. The second kappa shape index (κ2) is 3.00. The molecule has 0 spiro atoms. The van der Waals surface area contributed by atoms with Gasteiger partial charge in [-0.05, 0) is 0 Å². The monoisotopic (exact) mass is 191 g/mol. The van der Waals surface area contributed by atoms with Crippen LogP contribution in [0.4, 0.5) is 0 Å². The average molecular weight is 192 g/mol. The fraction of sp³-hybridized carbons (Fsp3) is 0.200. The number of carboxylic acid groups (broad SMARTS) is 1. The molecule has 0 saturated heterocycles. The first kappa shape index (κ1) is 8.82. The molecule has 0 aliphatic carbocycles. The molecule has 0 aliphatic heterocycles. The molecule has 0 unspecified atom stereocenters. The van der Waals surface area contributed by atoms with Gasteiger partial charge in [0.1, 0.15) is 5.69 Å². The highest BCUT2D eigenvalue weighted by atomic mass is 35.5. The number of aromatic nitrogens is 2. The fourth-order valence-electron chi connectivity index (χ4n) is 0.719. The molecular formula is C5H6ClN3O3. The molecule has 0 radical (unpaired) electrons. The molecule has 4 N–H and O–H groups in total. The molecule has 1 atom stereocenters. The summed E-state index contributed by atoms with van der Waals surface area (Å²) in [5.74, 6) is -1.28. The minimum Gasteiger partial charge on any atom is -0.480 e. The Morgan fingerprint density at radius 3 is 2.75 bits per heavy atom. The maximum absolute atomic E-state index is 10.4. The molecule has 66 valence electrons. The number of halogens is 1. The van der Waals surface area contributed by atoms with Crippen LogP contribution in [0.15, 0.2) is 6.20 Å². The first-order valence-electron chi connectivity index (χ1n) is 2.95. The first-order valence-corrected chi connectivity index (χ1v) is 3.33. The maximum atomic E-state index is 10.4. The van der Waals surface area contributed by atoms with Crippen molar-refractivity contribution in [2.75, 3.05) is 0 Å².